The van der Waals surface area contributed by atoms with Gasteiger partial charge in [-0.15, -0.1) is 0 Å². The van der Waals surface area contributed by atoms with Crippen molar-refractivity contribution in [2.45, 2.75) is 31.7 Å². The monoisotopic (exact) mass is 376 g/mol. The second kappa shape index (κ2) is 7.20. The van der Waals surface area contributed by atoms with Crippen LogP contribution in [0.2, 0.25) is 0 Å². The van der Waals surface area contributed by atoms with Crippen molar-refractivity contribution in [3.8, 4) is 0 Å². The molecule has 0 saturated carbocycles. The van der Waals surface area contributed by atoms with Gasteiger partial charge in [0.25, 0.3) is 10.0 Å². The molecule has 0 radical (unpaired) electrons. The summed E-state index contributed by atoms with van der Waals surface area (Å²) < 4.78 is 28.2. The highest BCUT2D eigenvalue weighted by molar-refractivity contribution is 7.89. The standard InChI is InChI=1S/C18H24N4O3S/c1-13-4-5-16(10-14(13)2)20-18(23)15-6-8-22(9-7-15)26(24,25)17-11-21(3)12-19-17/h4-5,10-12,15H,6-9H2,1-3H3,(H,20,23). The van der Waals surface area contributed by atoms with Gasteiger partial charge in [-0.25, -0.2) is 13.4 Å². The quantitative estimate of drug-likeness (QED) is 0.885. The van der Waals surface area contributed by atoms with Crippen molar-refractivity contribution < 1.29 is 13.2 Å². The molecule has 0 unspecified atom stereocenters. The normalized spacial score (nSPS) is 16.6. The number of anilines is 1. The third-order valence-corrected chi connectivity index (χ3v) is 6.67. The van der Waals surface area contributed by atoms with Crippen LogP contribution in [-0.2, 0) is 21.9 Å². The van der Waals surface area contributed by atoms with Crippen LogP contribution < -0.4 is 5.32 Å². The molecule has 2 aromatic rings. The number of amides is 1. The van der Waals surface area contributed by atoms with E-state index in [1.54, 1.807) is 11.6 Å². The van der Waals surface area contributed by atoms with E-state index in [1.807, 2.05) is 32.0 Å². The predicted molar refractivity (Wildman–Crippen MR) is 99.2 cm³/mol. The molecule has 1 aliphatic rings. The van der Waals surface area contributed by atoms with Gasteiger partial charge in [-0.3, -0.25) is 4.79 Å². The van der Waals surface area contributed by atoms with E-state index in [2.05, 4.69) is 10.3 Å². The minimum absolute atomic E-state index is 0.0527. The zero-order valence-electron chi connectivity index (χ0n) is 15.3. The summed E-state index contributed by atoms with van der Waals surface area (Å²) in [6.45, 7) is 4.68. The van der Waals surface area contributed by atoms with Crippen LogP contribution >= 0.6 is 0 Å². The van der Waals surface area contributed by atoms with E-state index in [0.717, 1.165) is 11.3 Å². The fourth-order valence-corrected chi connectivity index (χ4v) is 4.51. The maximum absolute atomic E-state index is 12.6. The molecule has 7 nitrogen and oxygen atoms in total. The molecular formula is C18H24N4O3S. The summed E-state index contributed by atoms with van der Waals surface area (Å²) in [4.78, 5) is 16.4. The lowest BCUT2D eigenvalue weighted by atomic mass is 9.97. The molecule has 0 spiro atoms. The first-order valence-electron chi connectivity index (χ1n) is 8.63. The third kappa shape index (κ3) is 3.81. The first-order chi connectivity index (χ1) is 12.3. The number of carbonyl (C=O) groups excluding carboxylic acids is 1. The molecule has 3 rings (SSSR count). The number of aromatic nitrogens is 2. The van der Waals surface area contributed by atoms with Crippen molar-refractivity contribution in [2.75, 3.05) is 18.4 Å². The molecule has 1 saturated heterocycles. The minimum atomic E-state index is -3.59. The van der Waals surface area contributed by atoms with Crippen LogP contribution in [0.5, 0.6) is 0 Å². The van der Waals surface area contributed by atoms with Gasteiger partial charge >= 0.3 is 0 Å². The number of sulfonamides is 1. The Morgan fingerprint density at radius 1 is 1.19 bits per heavy atom. The van der Waals surface area contributed by atoms with Crippen molar-refractivity contribution in [1.29, 1.82) is 0 Å². The number of imidazole rings is 1. The summed E-state index contributed by atoms with van der Waals surface area (Å²) >= 11 is 0. The predicted octanol–water partition coefficient (Wildman–Crippen LogP) is 2.08. The highest BCUT2D eigenvalue weighted by Crippen LogP contribution is 2.24. The second-order valence-corrected chi connectivity index (χ2v) is 8.73. The van der Waals surface area contributed by atoms with Gasteiger partial charge in [0, 0.05) is 37.9 Å². The molecule has 0 aliphatic carbocycles. The third-order valence-electron chi connectivity index (χ3n) is 4.88. The Balaban J connectivity index is 1.61. The number of hydrogen-bond acceptors (Lipinski definition) is 4. The van der Waals surface area contributed by atoms with Gasteiger partial charge in [-0.1, -0.05) is 6.07 Å². The summed E-state index contributed by atoms with van der Waals surface area (Å²) in [6.07, 6.45) is 3.97. The number of rotatable bonds is 4. The average molecular weight is 376 g/mol. The number of hydrogen-bond donors (Lipinski definition) is 1. The summed E-state index contributed by atoms with van der Waals surface area (Å²) in [5.41, 5.74) is 3.08. The maximum atomic E-state index is 12.6. The largest absolute Gasteiger partial charge is 0.339 e. The van der Waals surface area contributed by atoms with Crippen LogP contribution in [0, 0.1) is 19.8 Å². The van der Waals surface area contributed by atoms with Gasteiger partial charge in [0.1, 0.15) is 0 Å². The van der Waals surface area contributed by atoms with E-state index in [0.29, 0.717) is 25.9 Å². The van der Waals surface area contributed by atoms with Gasteiger partial charge in [-0.05, 0) is 49.9 Å². The number of nitrogens with zero attached hydrogens (tertiary/aromatic N) is 3. The van der Waals surface area contributed by atoms with E-state index >= 15 is 0 Å². The fraction of sp³-hybridized carbons (Fsp3) is 0.444. The van der Waals surface area contributed by atoms with E-state index in [1.165, 1.54) is 22.4 Å². The highest BCUT2D eigenvalue weighted by Gasteiger charge is 2.33. The maximum Gasteiger partial charge on any atom is 0.262 e. The second-order valence-electron chi connectivity index (χ2n) is 6.84. The van der Waals surface area contributed by atoms with E-state index in [4.69, 9.17) is 0 Å². The van der Waals surface area contributed by atoms with Crippen LogP contribution in [0.1, 0.15) is 24.0 Å². The number of piperidine rings is 1. The number of benzene rings is 1. The van der Waals surface area contributed by atoms with Gasteiger partial charge in [0.15, 0.2) is 5.03 Å². The van der Waals surface area contributed by atoms with Gasteiger partial charge in [0.05, 0.1) is 6.33 Å². The highest BCUT2D eigenvalue weighted by atomic mass is 32.2. The lowest BCUT2D eigenvalue weighted by Crippen LogP contribution is -2.41. The Morgan fingerprint density at radius 2 is 1.88 bits per heavy atom. The van der Waals surface area contributed by atoms with Gasteiger partial charge < -0.3 is 9.88 Å². The molecule has 2 heterocycles. The molecule has 140 valence electrons. The fourth-order valence-electron chi connectivity index (χ4n) is 3.08. The summed E-state index contributed by atoms with van der Waals surface area (Å²) in [5.74, 6) is -0.241. The average Bonchev–Trinajstić information content (AvgIpc) is 3.05. The molecule has 0 atom stereocenters. The van der Waals surface area contributed by atoms with Crippen molar-refractivity contribution in [1.82, 2.24) is 13.9 Å². The molecule has 8 heteroatoms. The van der Waals surface area contributed by atoms with E-state index in [-0.39, 0.29) is 16.9 Å². The summed E-state index contributed by atoms with van der Waals surface area (Å²) in [7, 11) is -1.86. The SMILES string of the molecule is Cc1ccc(NC(=O)C2CCN(S(=O)(=O)c3cn(C)cn3)CC2)cc1C. The topological polar surface area (TPSA) is 84.3 Å². The molecule has 1 N–H and O–H groups in total. The first-order valence-corrected chi connectivity index (χ1v) is 10.1. The number of nitrogens with one attached hydrogen (secondary N) is 1. The molecule has 1 fully saturated rings. The zero-order valence-corrected chi connectivity index (χ0v) is 16.1. The summed E-state index contributed by atoms with van der Waals surface area (Å²) in [6, 6.07) is 5.82. The Morgan fingerprint density at radius 3 is 2.46 bits per heavy atom. The molecule has 1 amide bonds. The Kier molecular flexibility index (Phi) is 5.15. The van der Waals surface area contributed by atoms with Crippen molar-refractivity contribution in [3.63, 3.8) is 0 Å². The number of aryl methyl sites for hydroxylation is 3. The first kappa shape index (κ1) is 18.6. The molecule has 1 aliphatic heterocycles. The molecular weight excluding hydrogens is 352 g/mol. The van der Waals surface area contributed by atoms with Crippen LogP contribution in [0.15, 0.2) is 35.7 Å². The summed E-state index contributed by atoms with van der Waals surface area (Å²) in [5, 5.41) is 3.00. The van der Waals surface area contributed by atoms with Crippen LogP contribution in [0.4, 0.5) is 5.69 Å². The molecule has 1 aromatic carbocycles. The smallest absolute Gasteiger partial charge is 0.262 e. The number of carbonyl (C=O) groups is 1. The lowest BCUT2D eigenvalue weighted by Gasteiger charge is -2.30. The van der Waals surface area contributed by atoms with E-state index < -0.39 is 10.0 Å². The Bertz CT molecular complexity index is 912. The molecule has 1 aromatic heterocycles. The van der Waals surface area contributed by atoms with E-state index in [9.17, 15) is 13.2 Å². The Labute approximate surface area is 154 Å². The van der Waals surface area contributed by atoms with Crippen molar-refractivity contribution in [3.05, 3.63) is 41.9 Å². The zero-order chi connectivity index (χ0) is 18.9. The molecule has 26 heavy (non-hydrogen) atoms. The van der Waals surface area contributed by atoms with Gasteiger partial charge in [-0.2, -0.15) is 4.31 Å². The minimum Gasteiger partial charge on any atom is -0.339 e. The van der Waals surface area contributed by atoms with Crippen LogP contribution in [0.3, 0.4) is 0 Å². The molecule has 0 bridgehead atoms. The Hall–Kier alpha value is -2.19. The van der Waals surface area contributed by atoms with Crippen molar-refractivity contribution >= 4 is 21.6 Å². The van der Waals surface area contributed by atoms with Crippen molar-refractivity contribution in [2.24, 2.45) is 13.0 Å². The lowest BCUT2D eigenvalue weighted by molar-refractivity contribution is -0.120. The van der Waals surface area contributed by atoms with Gasteiger partial charge in [0.2, 0.25) is 5.91 Å². The van der Waals surface area contributed by atoms with Crippen LogP contribution in [0.25, 0.3) is 0 Å². The van der Waals surface area contributed by atoms with Crippen LogP contribution in [-0.4, -0.2) is 41.3 Å².